The lowest BCUT2D eigenvalue weighted by atomic mass is 9.45. The predicted molar refractivity (Wildman–Crippen MR) is 217 cm³/mol. The molecule has 3 heterocycles. The van der Waals surface area contributed by atoms with Crippen molar-refractivity contribution < 1.29 is 0 Å². The molecule has 0 amide bonds. The SMILES string of the molecule is Cc1ccc2cc3cc4c(cc3cc2c1)B1c2c(cccc2N4c2cc(C(C)(C)C)cc(C(C)(C)C)c2)-c2cccc3c4ccccc4n1c23. The maximum atomic E-state index is 2.66. The number of nitrogens with zero attached hydrogens (tertiary/aromatic N) is 2. The fourth-order valence-electron chi connectivity index (χ4n) is 8.83. The molecule has 1 aromatic heterocycles. The van der Waals surface area contributed by atoms with Crippen LogP contribution in [0.25, 0.3) is 54.5 Å². The van der Waals surface area contributed by atoms with Gasteiger partial charge in [-0.25, -0.2) is 0 Å². The zero-order valence-corrected chi connectivity index (χ0v) is 30.0. The van der Waals surface area contributed by atoms with Crippen LogP contribution in [0.1, 0.15) is 58.2 Å². The molecule has 0 saturated heterocycles. The van der Waals surface area contributed by atoms with Crippen molar-refractivity contribution in [2.45, 2.75) is 59.3 Å². The summed E-state index contributed by atoms with van der Waals surface area (Å²) < 4.78 is 2.66. The van der Waals surface area contributed by atoms with Crippen LogP contribution in [0, 0.1) is 6.92 Å². The number of anilines is 3. The third-order valence-electron chi connectivity index (χ3n) is 11.4. The second kappa shape index (κ2) is 9.91. The van der Waals surface area contributed by atoms with Gasteiger partial charge in [-0.1, -0.05) is 126 Å². The normalized spacial score (nSPS) is 13.8. The first-order chi connectivity index (χ1) is 24.0. The highest BCUT2D eigenvalue weighted by Crippen LogP contribution is 2.47. The lowest BCUT2D eigenvalue weighted by Gasteiger charge is -2.41. The fraction of sp³-hybridized carbons (Fsp3) is 0.191. The van der Waals surface area contributed by atoms with E-state index in [2.05, 4.69) is 179 Å². The highest BCUT2D eigenvalue weighted by molar-refractivity contribution is 6.90. The second-order valence-electron chi connectivity index (χ2n) is 16.8. The molecule has 0 bridgehead atoms. The number of hydrogen-bond donors (Lipinski definition) is 0. The van der Waals surface area contributed by atoms with Crippen molar-refractivity contribution in [2.24, 2.45) is 0 Å². The first kappa shape index (κ1) is 29.6. The summed E-state index contributed by atoms with van der Waals surface area (Å²) in [5.41, 5.74) is 15.8. The van der Waals surface area contributed by atoms with Crippen LogP contribution in [0.2, 0.25) is 0 Å². The Labute approximate surface area is 295 Å². The van der Waals surface area contributed by atoms with Gasteiger partial charge in [-0.15, -0.1) is 0 Å². The standard InChI is InChI=1S/C47H41BN2/c1-28-18-19-29-21-32-24-43-40(23-31(32)22-30(29)20-28)48-44-37(39-15-10-14-38-36-12-8-9-16-41(36)50(48)45(38)39)13-11-17-42(44)49(43)35-26-33(46(2,3)4)25-34(27-35)47(5,6)7/h8-27H,1-7H3. The molecule has 0 atom stereocenters. The van der Waals surface area contributed by atoms with Crippen molar-refractivity contribution in [2.75, 3.05) is 4.90 Å². The molecule has 0 N–H and O–H groups in total. The van der Waals surface area contributed by atoms with Crippen LogP contribution in [-0.4, -0.2) is 11.3 Å². The summed E-state index contributed by atoms with van der Waals surface area (Å²) in [5, 5.41) is 7.77. The molecule has 8 aromatic rings. The van der Waals surface area contributed by atoms with Crippen molar-refractivity contribution in [1.29, 1.82) is 0 Å². The van der Waals surface area contributed by atoms with Gasteiger partial charge in [0.15, 0.2) is 0 Å². The Bertz CT molecular complexity index is 2720. The molecular formula is C47H41BN2. The lowest BCUT2D eigenvalue weighted by Crippen LogP contribution is -2.56. The molecule has 0 saturated carbocycles. The zero-order chi connectivity index (χ0) is 34.3. The van der Waals surface area contributed by atoms with Crippen molar-refractivity contribution >= 4 is 78.2 Å². The van der Waals surface area contributed by atoms with E-state index in [1.165, 1.54) is 99.2 Å². The molecular weight excluding hydrogens is 603 g/mol. The summed E-state index contributed by atoms with van der Waals surface area (Å²) in [6.07, 6.45) is 0. The Balaban J connectivity index is 1.37. The second-order valence-corrected chi connectivity index (χ2v) is 16.8. The molecule has 2 aliphatic rings. The summed E-state index contributed by atoms with van der Waals surface area (Å²) in [7, 11) is 0. The molecule has 242 valence electrons. The number of fused-ring (bicyclic) bond motifs is 9. The highest BCUT2D eigenvalue weighted by Gasteiger charge is 2.43. The maximum absolute atomic E-state index is 2.66. The highest BCUT2D eigenvalue weighted by atomic mass is 15.2. The van der Waals surface area contributed by atoms with E-state index >= 15 is 0 Å². The zero-order valence-electron chi connectivity index (χ0n) is 30.0. The molecule has 0 unspecified atom stereocenters. The largest absolute Gasteiger partial charge is 0.375 e. The average Bonchev–Trinajstić information content (AvgIpc) is 3.42. The van der Waals surface area contributed by atoms with E-state index in [4.69, 9.17) is 0 Å². The van der Waals surface area contributed by atoms with Gasteiger partial charge in [-0.2, -0.15) is 0 Å². The van der Waals surface area contributed by atoms with E-state index in [1.54, 1.807) is 0 Å². The molecule has 50 heavy (non-hydrogen) atoms. The van der Waals surface area contributed by atoms with Gasteiger partial charge in [-0.3, -0.25) is 0 Å². The van der Waals surface area contributed by atoms with Crippen molar-refractivity contribution in [3.63, 3.8) is 0 Å². The minimum atomic E-state index is 0.00229. The van der Waals surface area contributed by atoms with Gasteiger partial charge >= 0.3 is 6.85 Å². The minimum Gasteiger partial charge on any atom is -0.375 e. The van der Waals surface area contributed by atoms with Gasteiger partial charge in [0, 0.05) is 44.4 Å². The van der Waals surface area contributed by atoms with Crippen molar-refractivity contribution in [1.82, 2.24) is 4.48 Å². The first-order valence-corrected chi connectivity index (χ1v) is 18.0. The maximum Gasteiger partial charge on any atom is 0.333 e. The van der Waals surface area contributed by atoms with Crippen LogP contribution in [0.15, 0.2) is 121 Å². The van der Waals surface area contributed by atoms with E-state index < -0.39 is 0 Å². The van der Waals surface area contributed by atoms with Crippen LogP contribution in [0.3, 0.4) is 0 Å². The number of para-hydroxylation sites is 2. The summed E-state index contributed by atoms with van der Waals surface area (Å²) in [5.74, 6) is 0. The Hall–Kier alpha value is -5.28. The quantitative estimate of drug-likeness (QED) is 0.128. The molecule has 2 nitrogen and oxygen atoms in total. The van der Waals surface area contributed by atoms with Crippen molar-refractivity contribution in [3.8, 4) is 11.1 Å². The predicted octanol–water partition coefficient (Wildman–Crippen LogP) is 11.4. The Morgan fingerprint density at radius 1 is 0.520 bits per heavy atom. The number of hydrogen-bond acceptors (Lipinski definition) is 1. The summed E-state index contributed by atoms with van der Waals surface area (Å²) >= 11 is 0. The van der Waals surface area contributed by atoms with Crippen molar-refractivity contribution in [3.05, 3.63) is 138 Å². The topological polar surface area (TPSA) is 8.17 Å². The van der Waals surface area contributed by atoms with E-state index in [1.807, 2.05) is 0 Å². The van der Waals surface area contributed by atoms with Crippen LogP contribution in [0.4, 0.5) is 17.1 Å². The van der Waals surface area contributed by atoms with E-state index in [-0.39, 0.29) is 17.7 Å². The molecule has 0 spiro atoms. The first-order valence-electron chi connectivity index (χ1n) is 18.0. The Morgan fingerprint density at radius 2 is 1.18 bits per heavy atom. The Kier molecular flexibility index (Phi) is 5.87. The molecule has 7 aromatic carbocycles. The van der Waals surface area contributed by atoms with Crippen LogP contribution >= 0.6 is 0 Å². The molecule has 2 aliphatic heterocycles. The van der Waals surface area contributed by atoms with Gasteiger partial charge < -0.3 is 9.38 Å². The van der Waals surface area contributed by atoms with Gasteiger partial charge in [0.1, 0.15) is 0 Å². The fourth-order valence-corrected chi connectivity index (χ4v) is 8.83. The summed E-state index contributed by atoms with van der Waals surface area (Å²) in [4.78, 5) is 2.59. The van der Waals surface area contributed by atoms with Crippen LogP contribution in [0.5, 0.6) is 0 Å². The third-order valence-corrected chi connectivity index (χ3v) is 11.4. The van der Waals surface area contributed by atoms with E-state index in [9.17, 15) is 0 Å². The molecule has 3 heteroatoms. The number of benzene rings is 7. The van der Waals surface area contributed by atoms with Gasteiger partial charge in [0.05, 0.1) is 0 Å². The molecule has 0 fully saturated rings. The average molecular weight is 645 g/mol. The third kappa shape index (κ3) is 4.10. The van der Waals surface area contributed by atoms with Crippen LogP contribution < -0.4 is 15.8 Å². The molecule has 10 rings (SSSR count). The monoisotopic (exact) mass is 644 g/mol. The van der Waals surface area contributed by atoms with Gasteiger partial charge in [0.25, 0.3) is 0 Å². The van der Waals surface area contributed by atoms with Crippen LogP contribution in [-0.2, 0) is 10.8 Å². The summed E-state index contributed by atoms with van der Waals surface area (Å²) in [6.45, 7) is 16.2. The number of rotatable bonds is 1. The van der Waals surface area contributed by atoms with Gasteiger partial charge in [0.2, 0.25) is 0 Å². The lowest BCUT2D eigenvalue weighted by molar-refractivity contribution is 0.569. The van der Waals surface area contributed by atoms with E-state index in [0.29, 0.717) is 0 Å². The minimum absolute atomic E-state index is 0.00229. The van der Waals surface area contributed by atoms with Gasteiger partial charge in [-0.05, 0) is 109 Å². The smallest absolute Gasteiger partial charge is 0.333 e. The van der Waals surface area contributed by atoms with E-state index in [0.717, 1.165) is 0 Å². The number of aryl methyl sites for hydroxylation is 1. The number of aromatic nitrogens is 1. The molecule has 0 radical (unpaired) electrons. The molecule has 0 aliphatic carbocycles. The summed E-state index contributed by atoms with van der Waals surface area (Å²) in [6, 6.07) is 46.8. The Morgan fingerprint density at radius 3 is 1.96 bits per heavy atom.